The monoisotopic (exact) mass is 410 g/mol. The van der Waals surface area contributed by atoms with Crippen molar-refractivity contribution in [1.29, 1.82) is 0 Å². The Kier molecular flexibility index (Phi) is 4.86. The summed E-state index contributed by atoms with van der Waals surface area (Å²) in [7, 11) is 0. The minimum atomic E-state index is -0.739. The van der Waals surface area contributed by atoms with Crippen molar-refractivity contribution in [2.24, 2.45) is 0 Å². The van der Waals surface area contributed by atoms with Crippen LogP contribution in [0.15, 0.2) is 34.8 Å². The van der Waals surface area contributed by atoms with Crippen molar-refractivity contribution in [3.8, 4) is 0 Å². The maximum Gasteiger partial charge on any atom is 0.137 e. The highest BCUT2D eigenvalue weighted by atomic mass is 79.9. The number of halogens is 6. The van der Waals surface area contributed by atoms with Crippen LogP contribution in [0.4, 0.5) is 17.6 Å². The summed E-state index contributed by atoms with van der Waals surface area (Å²) >= 11 is 6.01. The lowest BCUT2D eigenvalue weighted by Crippen LogP contribution is -2.04. The molecule has 0 aliphatic rings. The van der Waals surface area contributed by atoms with E-state index < -0.39 is 28.1 Å². The van der Waals surface area contributed by atoms with Gasteiger partial charge in [0.2, 0.25) is 0 Å². The molecule has 0 saturated heterocycles. The van der Waals surface area contributed by atoms with E-state index in [0.717, 1.165) is 24.3 Å². The molecule has 6 heteroatoms. The summed E-state index contributed by atoms with van der Waals surface area (Å²) in [4.78, 5) is -0.739. The van der Waals surface area contributed by atoms with Gasteiger partial charge in [-0.15, -0.1) is 0 Å². The van der Waals surface area contributed by atoms with Crippen molar-refractivity contribution in [2.75, 3.05) is 0 Å². The molecule has 2 aromatic rings. The van der Waals surface area contributed by atoms with Crippen molar-refractivity contribution >= 4 is 31.9 Å². The van der Waals surface area contributed by atoms with Crippen molar-refractivity contribution in [3.63, 3.8) is 0 Å². The van der Waals surface area contributed by atoms with Crippen LogP contribution in [0.25, 0.3) is 0 Å². The third kappa shape index (κ3) is 3.23. The molecule has 0 amide bonds. The van der Waals surface area contributed by atoms with E-state index in [-0.39, 0.29) is 22.0 Å². The Morgan fingerprint density at radius 3 is 2.10 bits per heavy atom. The number of rotatable bonds is 3. The van der Waals surface area contributed by atoms with Crippen LogP contribution in [0, 0.1) is 23.3 Å². The molecule has 0 spiro atoms. The van der Waals surface area contributed by atoms with Crippen LogP contribution in [0.1, 0.15) is 16.0 Å². The molecule has 1 atom stereocenters. The Morgan fingerprint density at radius 1 is 0.900 bits per heavy atom. The fourth-order valence-corrected chi connectivity index (χ4v) is 2.78. The molecule has 1 unspecified atom stereocenters. The van der Waals surface area contributed by atoms with E-state index in [9.17, 15) is 17.6 Å². The standard InChI is InChI=1S/C14H8Br2F4/c15-9(4-8-11(17)2-1-3-12(8)18)7-5-14(20)10(16)6-13(7)19/h1-3,5-6,9H,4H2. The fourth-order valence-electron chi connectivity index (χ4n) is 1.79. The summed E-state index contributed by atoms with van der Waals surface area (Å²) in [5.41, 5.74) is -0.162. The Labute approximate surface area is 130 Å². The first-order valence-corrected chi connectivity index (χ1v) is 7.32. The zero-order chi connectivity index (χ0) is 14.9. The van der Waals surface area contributed by atoms with Crippen molar-refractivity contribution in [1.82, 2.24) is 0 Å². The second-order valence-corrected chi connectivity index (χ2v) is 6.12. The average Bonchev–Trinajstić information content (AvgIpc) is 2.38. The normalized spacial score (nSPS) is 12.5. The summed E-state index contributed by atoms with van der Waals surface area (Å²) in [5.74, 6) is -2.73. The second kappa shape index (κ2) is 6.26. The van der Waals surface area contributed by atoms with E-state index in [1.807, 2.05) is 0 Å². The predicted molar refractivity (Wildman–Crippen MR) is 75.8 cm³/mol. The lowest BCUT2D eigenvalue weighted by atomic mass is 10.0. The van der Waals surface area contributed by atoms with E-state index in [1.165, 1.54) is 6.07 Å². The molecule has 0 aliphatic carbocycles. The quantitative estimate of drug-likeness (QED) is 0.346. The summed E-state index contributed by atoms with van der Waals surface area (Å²) in [6.45, 7) is 0. The van der Waals surface area contributed by atoms with Gasteiger partial charge in [-0.05, 0) is 46.6 Å². The van der Waals surface area contributed by atoms with E-state index in [4.69, 9.17) is 0 Å². The molecular formula is C14H8Br2F4. The largest absolute Gasteiger partial charge is 0.207 e. The maximum absolute atomic E-state index is 13.8. The van der Waals surface area contributed by atoms with Gasteiger partial charge in [0.05, 0.1) is 4.47 Å². The summed E-state index contributed by atoms with van der Waals surface area (Å²) < 4.78 is 54.3. The molecule has 2 rings (SSSR count). The second-order valence-electron chi connectivity index (χ2n) is 4.16. The Hall–Kier alpha value is -0.880. The molecule has 0 aromatic heterocycles. The highest BCUT2D eigenvalue weighted by molar-refractivity contribution is 9.10. The van der Waals surface area contributed by atoms with E-state index in [1.54, 1.807) is 0 Å². The minimum absolute atomic E-state index is 0.00415. The van der Waals surface area contributed by atoms with Crippen molar-refractivity contribution < 1.29 is 17.6 Å². The van der Waals surface area contributed by atoms with Crippen LogP contribution in [0.2, 0.25) is 0 Å². The van der Waals surface area contributed by atoms with Crippen LogP contribution in [0.5, 0.6) is 0 Å². The molecule has 0 aliphatic heterocycles. The van der Waals surface area contributed by atoms with Gasteiger partial charge in [-0.2, -0.15) is 0 Å². The average molecular weight is 412 g/mol. The van der Waals surface area contributed by atoms with Crippen LogP contribution < -0.4 is 0 Å². The minimum Gasteiger partial charge on any atom is -0.207 e. The first kappa shape index (κ1) is 15.5. The van der Waals surface area contributed by atoms with Gasteiger partial charge in [0, 0.05) is 16.0 Å². The predicted octanol–water partition coefficient (Wildman–Crippen LogP) is 5.68. The molecular weight excluding hydrogens is 404 g/mol. The van der Waals surface area contributed by atoms with E-state index in [2.05, 4.69) is 31.9 Å². The van der Waals surface area contributed by atoms with Gasteiger partial charge in [-0.1, -0.05) is 22.0 Å². The topological polar surface area (TPSA) is 0 Å². The molecule has 0 nitrogen and oxygen atoms in total. The van der Waals surface area contributed by atoms with Crippen molar-refractivity contribution in [2.45, 2.75) is 11.2 Å². The highest BCUT2D eigenvalue weighted by Gasteiger charge is 2.19. The van der Waals surface area contributed by atoms with Gasteiger partial charge in [0.25, 0.3) is 0 Å². The number of alkyl halides is 1. The van der Waals surface area contributed by atoms with Crippen molar-refractivity contribution in [3.05, 3.63) is 69.2 Å². The Morgan fingerprint density at radius 2 is 1.50 bits per heavy atom. The zero-order valence-corrected chi connectivity index (χ0v) is 13.1. The Bertz CT molecular complexity index is 623. The SMILES string of the molecule is Fc1cc(C(Br)Cc2c(F)cccc2F)c(F)cc1Br. The van der Waals surface area contributed by atoms with Gasteiger partial charge in [0.1, 0.15) is 23.3 Å². The van der Waals surface area contributed by atoms with Crippen LogP contribution in [-0.2, 0) is 6.42 Å². The highest BCUT2D eigenvalue weighted by Crippen LogP contribution is 2.33. The Balaban J connectivity index is 2.33. The molecule has 2 aromatic carbocycles. The van der Waals surface area contributed by atoms with Gasteiger partial charge in [-0.25, -0.2) is 17.6 Å². The summed E-state index contributed by atoms with van der Waals surface area (Å²) in [5, 5.41) is 0. The van der Waals surface area contributed by atoms with Crippen LogP contribution in [-0.4, -0.2) is 0 Å². The van der Waals surface area contributed by atoms with Gasteiger partial charge < -0.3 is 0 Å². The smallest absolute Gasteiger partial charge is 0.137 e. The maximum atomic E-state index is 13.8. The first-order valence-electron chi connectivity index (χ1n) is 5.61. The summed E-state index contributed by atoms with van der Waals surface area (Å²) in [6.07, 6.45) is -0.128. The van der Waals surface area contributed by atoms with Gasteiger partial charge in [0.15, 0.2) is 0 Å². The zero-order valence-electron chi connectivity index (χ0n) is 9.94. The fraction of sp³-hybridized carbons (Fsp3) is 0.143. The third-order valence-corrected chi connectivity index (χ3v) is 4.25. The molecule has 106 valence electrons. The molecule has 0 fully saturated rings. The summed E-state index contributed by atoms with van der Waals surface area (Å²) in [6, 6.07) is 5.47. The van der Waals surface area contributed by atoms with Crippen LogP contribution >= 0.6 is 31.9 Å². The number of benzene rings is 2. The van der Waals surface area contributed by atoms with E-state index >= 15 is 0 Å². The third-order valence-electron chi connectivity index (χ3n) is 2.82. The van der Waals surface area contributed by atoms with Gasteiger partial charge in [-0.3, -0.25) is 0 Å². The molecule has 0 radical (unpaired) electrons. The molecule has 0 bridgehead atoms. The molecule has 20 heavy (non-hydrogen) atoms. The van der Waals surface area contributed by atoms with E-state index in [0.29, 0.717) is 0 Å². The number of hydrogen-bond donors (Lipinski definition) is 0. The lowest BCUT2D eigenvalue weighted by molar-refractivity contribution is 0.547. The molecule has 0 N–H and O–H groups in total. The molecule has 0 heterocycles. The first-order chi connectivity index (χ1) is 9.40. The van der Waals surface area contributed by atoms with Gasteiger partial charge >= 0.3 is 0 Å². The van der Waals surface area contributed by atoms with Crippen LogP contribution in [0.3, 0.4) is 0 Å². The molecule has 0 saturated carbocycles. The number of hydrogen-bond acceptors (Lipinski definition) is 0. The lowest BCUT2D eigenvalue weighted by Gasteiger charge is -2.13.